The van der Waals surface area contributed by atoms with Gasteiger partial charge in [0.1, 0.15) is 11.9 Å². The molecule has 2 rings (SSSR count). The van der Waals surface area contributed by atoms with Crippen LogP contribution in [-0.4, -0.2) is 34.6 Å². The van der Waals surface area contributed by atoms with Gasteiger partial charge in [-0.05, 0) is 55.2 Å². The molecule has 0 spiro atoms. The average molecular weight is 499 g/mol. The van der Waals surface area contributed by atoms with Gasteiger partial charge in [0.25, 0.3) is 0 Å². The van der Waals surface area contributed by atoms with E-state index in [4.69, 9.17) is 23.2 Å². The second kappa shape index (κ2) is 13.1. The predicted octanol–water partition coefficient (Wildman–Crippen LogP) is 6.09. The predicted molar refractivity (Wildman–Crippen MR) is 132 cm³/mol. The minimum Gasteiger partial charge on any atom is -0.352 e. The van der Waals surface area contributed by atoms with Gasteiger partial charge < -0.3 is 10.2 Å². The van der Waals surface area contributed by atoms with Crippen LogP contribution in [0, 0.1) is 5.82 Å². The molecular formula is C24H29Cl2FN2O2S. The Morgan fingerprint density at radius 3 is 2.38 bits per heavy atom. The van der Waals surface area contributed by atoms with Crippen molar-refractivity contribution >= 4 is 46.8 Å². The standard InChI is InChI=1S/C24H29Cl2FN2O2S/c1-4-16(3)28-24(31)22(5-2)29(13-17-6-10-20(27)11-7-17)23(30)15-32-14-18-8-9-19(25)12-21(18)26/h6-12,16,22H,4-5,13-15H2,1-3H3,(H,28,31)/t16-,22+/m1/s1. The summed E-state index contributed by atoms with van der Waals surface area (Å²) in [7, 11) is 0. The topological polar surface area (TPSA) is 49.4 Å². The number of hydrogen-bond donors (Lipinski definition) is 1. The molecule has 0 saturated carbocycles. The van der Waals surface area contributed by atoms with Crippen molar-refractivity contribution < 1.29 is 14.0 Å². The van der Waals surface area contributed by atoms with E-state index in [2.05, 4.69) is 5.32 Å². The van der Waals surface area contributed by atoms with Crippen LogP contribution in [-0.2, 0) is 21.9 Å². The van der Waals surface area contributed by atoms with Gasteiger partial charge in [-0.2, -0.15) is 0 Å². The van der Waals surface area contributed by atoms with Gasteiger partial charge in [-0.3, -0.25) is 9.59 Å². The summed E-state index contributed by atoms with van der Waals surface area (Å²) in [5.41, 5.74) is 1.65. The number of nitrogens with one attached hydrogen (secondary N) is 1. The molecule has 2 atom stereocenters. The summed E-state index contributed by atoms with van der Waals surface area (Å²) in [6.45, 7) is 6.04. The molecule has 1 N–H and O–H groups in total. The third-order valence-corrected chi connectivity index (χ3v) is 6.70. The van der Waals surface area contributed by atoms with Crippen LogP contribution in [0.15, 0.2) is 42.5 Å². The van der Waals surface area contributed by atoms with E-state index >= 15 is 0 Å². The molecular weight excluding hydrogens is 470 g/mol. The highest BCUT2D eigenvalue weighted by Crippen LogP contribution is 2.25. The van der Waals surface area contributed by atoms with Gasteiger partial charge in [0, 0.05) is 28.4 Å². The molecule has 8 heteroatoms. The molecule has 0 aliphatic carbocycles. The lowest BCUT2D eigenvalue weighted by Gasteiger charge is -2.31. The number of carbonyl (C=O) groups excluding carboxylic acids is 2. The van der Waals surface area contributed by atoms with Crippen LogP contribution >= 0.6 is 35.0 Å². The van der Waals surface area contributed by atoms with Crippen molar-refractivity contribution in [3.8, 4) is 0 Å². The first-order chi connectivity index (χ1) is 15.2. The van der Waals surface area contributed by atoms with Gasteiger partial charge >= 0.3 is 0 Å². The van der Waals surface area contributed by atoms with E-state index < -0.39 is 6.04 Å². The number of hydrogen-bond acceptors (Lipinski definition) is 3. The van der Waals surface area contributed by atoms with E-state index in [-0.39, 0.29) is 36.0 Å². The Kier molecular flexibility index (Phi) is 10.8. The molecule has 2 aromatic rings. The number of nitrogens with zero attached hydrogens (tertiary/aromatic N) is 1. The molecule has 4 nitrogen and oxygen atoms in total. The average Bonchev–Trinajstić information content (AvgIpc) is 2.76. The van der Waals surface area contributed by atoms with Crippen LogP contribution in [0.4, 0.5) is 4.39 Å². The largest absolute Gasteiger partial charge is 0.352 e. The molecule has 0 radical (unpaired) electrons. The molecule has 2 amide bonds. The Morgan fingerprint density at radius 2 is 1.78 bits per heavy atom. The van der Waals surface area contributed by atoms with Gasteiger partial charge in [0.2, 0.25) is 11.8 Å². The molecule has 2 aromatic carbocycles. The Morgan fingerprint density at radius 1 is 1.09 bits per heavy atom. The zero-order valence-corrected chi connectivity index (χ0v) is 20.9. The zero-order valence-electron chi connectivity index (χ0n) is 18.5. The van der Waals surface area contributed by atoms with E-state index in [1.165, 1.54) is 23.9 Å². The Labute approximate surface area is 203 Å². The van der Waals surface area contributed by atoms with Crippen LogP contribution in [0.3, 0.4) is 0 Å². The SMILES string of the molecule is CC[C@@H](C)NC(=O)[C@H](CC)N(Cc1ccc(F)cc1)C(=O)CSCc1ccc(Cl)cc1Cl. The van der Waals surface area contributed by atoms with Gasteiger partial charge in [-0.1, -0.05) is 55.2 Å². The molecule has 0 heterocycles. The van der Waals surface area contributed by atoms with Crippen molar-refractivity contribution in [2.45, 2.75) is 58.0 Å². The van der Waals surface area contributed by atoms with Gasteiger partial charge in [-0.15, -0.1) is 11.8 Å². The minimum atomic E-state index is -0.610. The molecule has 0 bridgehead atoms. The summed E-state index contributed by atoms with van der Waals surface area (Å²) in [6, 6.07) is 10.7. The van der Waals surface area contributed by atoms with Crippen molar-refractivity contribution in [2.75, 3.05) is 5.75 Å². The summed E-state index contributed by atoms with van der Waals surface area (Å²) in [4.78, 5) is 27.7. The fraction of sp³-hybridized carbons (Fsp3) is 0.417. The second-order valence-electron chi connectivity index (χ2n) is 7.62. The van der Waals surface area contributed by atoms with E-state index in [9.17, 15) is 14.0 Å². The molecule has 0 aliphatic heterocycles. The van der Waals surface area contributed by atoms with Crippen LogP contribution in [0.1, 0.15) is 44.7 Å². The lowest BCUT2D eigenvalue weighted by Crippen LogP contribution is -2.51. The summed E-state index contributed by atoms with van der Waals surface area (Å²) < 4.78 is 13.3. The number of carbonyl (C=O) groups is 2. The van der Waals surface area contributed by atoms with E-state index in [1.54, 1.807) is 29.2 Å². The maximum absolute atomic E-state index is 13.3. The molecule has 32 heavy (non-hydrogen) atoms. The number of thioether (sulfide) groups is 1. The van der Waals surface area contributed by atoms with Crippen molar-refractivity contribution in [3.63, 3.8) is 0 Å². The first kappa shape index (κ1) is 26.5. The number of amides is 2. The second-order valence-corrected chi connectivity index (χ2v) is 9.45. The van der Waals surface area contributed by atoms with Crippen molar-refractivity contribution in [3.05, 3.63) is 69.5 Å². The number of halogens is 3. The maximum atomic E-state index is 13.3. The minimum absolute atomic E-state index is 0.0146. The van der Waals surface area contributed by atoms with E-state index in [0.29, 0.717) is 22.2 Å². The lowest BCUT2D eigenvalue weighted by atomic mass is 10.1. The highest BCUT2D eigenvalue weighted by atomic mass is 35.5. The van der Waals surface area contributed by atoms with E-state index in [0.717, 1.165) is 17.5 Å². The molecule has 0 unspecified atom stereocenters. The summed E-state index contributed by atoms with van der Waals surface area (Å²) in [5, 5.41) is 4.09. The Bertz CT molecular complexity index is 911. The van der Waals surface area contributed by atoms with Gasteiger partial charge in [0.05, 0.1) is 5.75 Å². The quantitative estimate of drug-likeness (QED) is 0.407. The fourth-order valence-corrected chi connectivity index (χ4v) is 4.59. The molecule has 0 saturated heterocycles. The van der Waals surface area contributed by atoms with Crippen LogP contribution in [0.25, 0.3) is 0 Å². The van der Waals surface area contributed by atoms with Crippen molar-refractivity contribution in [1.82, 2.24) is 10.2 Å². The number of benzene rings is 2. The summed E-state index contributed by atoms with van der Waals surface area (Å²) in [6.07, 6.45) is 1.27. The fourth-order valence-electron chi connectivity index (χ4n) is 3.12. The molecule has 0 aromatic heterocycles. The summed E-state index contributed by atoms with van der Waals surface area (Å²) >= 11 is 13.6. The van der Waals surface area contributed by atoms with Gasteiger partial charge in [0.15, 0.2) is 0 Å². The highest BCUT2D eigenvalue weighted by Gasteiger charge is 2.29. The van der Waals surface area contributed by atoms with Crippen LogP contribution in [0.5, 0.6) is 0 Å². The van der Waals surface area contributed by atoms with Crippen molar-refractivity contribution in [2.24, 2.45) is 0 Å². The third kappa shape index (κ3) is 7.98. The summed E-state index contributed by atoms with van der Waals surface area (Å²) in [5.74, 6) is 0.0529. The van der Waals surface area contributed by atoms with Crippen LogP contribution < -0.4 is 5.32 Å². The zero-order chi connectivity index (χ0) is 23.7. The first-order valence-electron chi connectivity index (χ1n) is 10.6. The smallest absolute Gasteiger partial charge is 0.243 e. The normalized spacial score (nSPS) is 12.8. The maximum Gasteiger partial charge on any atom is 0.243 e. The lowest BCUT2D eigenvalue weighted by molar-refractivity contribution is -0.139. The molecule has 174 valence electrons. The monoisotopic (exact) mass is 498 g/mol. The third-order valence-electron chi connectivity index (χ3n) is 5.15. The Hall–Kier alpha value is -1.76. The van der Waals surface area contributed by atoms with E-state index in [1.807, 2.05) is 26.8 Å². The Balaban J connectivity index is 2.14. The van der Waals surface area contributed by atoms with Crippen molar-refractivity contribution in [1.29, 1.82) is 0 Å². The number of rotatable bonds is 11. The molecule has 0 fully saturated rings. The highest BCUT2D eigenvalue weighted by molar-refractivity contribution is 7.99. The van der Waals surface area contributed by atoms with Crippen LogP contribution in [0.2, 0.25) is 10.0 Å². The molecule has 0 aliphatic rings. The first-order valence-corrected chi connectivity index (χ1v) is 12.5. The van der Waals surface area contributed by atoms with Gasteiger partial charge in [-0.25, -0.2) is 4.39 Å².